The molecular formula is C21H24F2N2O5. The molecule has 1 N–H and O–H groups in total. The molecule has 0 aliphatic heterocycles. The molecular weight excluding hydrogens is 398 g/mol. The molecule has 0 atom stereocenters. The first-order valence-electron chi connectivity index (χ1n) is 9.43. The van der Waals surface area contributed by atoms with Crippen LogP contribution in [-0.4, -0.2) is 38.6 Å². The molecule has 0 saturated heterocycles. The summed E-state index contributed by atoms with van der Waals surface area (Å²) < 4.78 is 46.2. The molecule has 30 heavy (non-hydrogen) atoms. The molecule has 162 valence electrons. The molecule has 2 aromatic carbocycles. The summed E-state index contributed by atoms with van der Waals surface area (Å²) in [4.78, 5) is 12.6. The number of alkyl halides is 2. The van der Waals surface area contributed by atoms with E-state index >= 15 is 0 Å². The average molecular weight is 422 g/mol. The Balaban J connectivity index is 2.23. The largest absolute Gasteiger partial charge is 0.490 e. The van der Waals surface area contributed by atoms with Crippen LogP contribution in [0.15, 0.2) is 41.5 Å². The third-order valence-corrected chi connectivity index (χ3v) is 3.68. The van der Waals surface area contributed by atoms with Crippen LogP contribution in [0.2, 0.25) is 0 Å². The van der Waals surface area contributed by atoms with Crippen LogP contribution in [0.1, 0.15) is 36.7 Å². The molecule has 0 spiro atoms. The van der Waals surface area contributed by atoms with Crippen molar-refractivity contribution in [2.24, 2.45) is 5.10 Å². The van der Waals surface area contributed by atoms with Crippen molar-refractivity contribution in [2.45, 2.75) is 27.4 Å². The van der Waals surface area contributed by atoms with Crippen LogP contribution in [0, 0.1) is 0 Å². The highest BCUT2D eigenvalue weighted by Crippen LogP contribution is 2.39. The van der Waals surface area contributed by atoms with Crippen molar-refractivity contribution in [2.75, 3.05) is 19.8 Å². The van der Waals surface area contributed by atoms with Crippen molar-refractivity contribution >= 4 is 12.1 Å². The number of para-hydroxylation sites is 1. The van der Waals surface area contributed by atoms with Gasteiger partial charge in [0.05, 0.1) is 26.0 Å². The molecule has 2 aromatic rings. The Morgan fingerprint density at radius 3 is 2.17 bits per heavy atom. The Morgan fingerprint density at radius 2 is 1.60 bits per heavy atom. The van der Waals surface area contributed by atoms with Gasteiger partial charge in [0.15, 0.2) is 11.5 Å². The molecule has 2 rings (SSSR count). The van der Waals surface area contributed by atoms with E-state index in [1.54, 1.807) is 12.1 Å². The quantitative estimate of drug-likeness (QED) is 0.433. The van der Waals surface area contributed by atoms with E-state index in [0.29, 0.717) is 37.1 Å². The monoisotopic (exact) mass is 422 g/mol. The highest BCUT2D eigenvalue weighted by atomic mass is 19.3. The minimum absolute atomic E-state index is 0.0520. The first kappa shape index (κ1) is 22.9. The minimum atomic E-state index is -2.97. The molecule has 0 unspecified atom stereocenters. The van der Waals surface area contributed by atoms with E-state index in [4.69, 9.17) is 14.2 Å². The van der Waals surface area contributed by atoms with Crippen LogP contribution in [0.4, 0.5) is 8.78 Å². The van der Waals surface area contributed by atoms with E-state index in [-0.39, 0.29) is 16.9 Å². The number of hydrogen-bond donors (Lipinski definition) is 1. The lowest BCUT2D eigenvalue weighted by molar-refractivity contribution is -0.0499. The van der Waals surface area contributed by atoms with Crippen LogP contribution in [0.5, 0.6) is 23.0 Å². The van der Waals surface area contributed by atoms with Gasteiger partial charge in [-0.15, -0.1) is 0 Å². The van der Waals surface area contributed by atoms with Gasteiger partial charge in [0, 0.05) is 11.1 Å². The summed E-state index contributed by atoms with van der Waals surface area (Å²) in [5.41, 5.74) is 2.88. The number of hydrogen-bond acceptors (Lipinski definition) is 6. The predicted molar refractivity (Wildman–Crippen MR) is 108 cm³/mol. The Bertz CT molecular complexity index is 847. The van der Waals surface area contributed by atoms with Crippen molar-refractivity contribution in [3.63, 3.8) is 0 Å². The highest BCUT2D eigenvalue weighted by molar-refractivity contribution is 5.96. The Kier molecular flexibility index (Phi) is 8.86. The lowest BCUT2D eigenvalue weighted by atomic mass is 10.1. The molecule has 0 aliphatic rings. The van der Waals surface area contributed by atoms with Gasteiger partial charge in [-0.3, -0.25) is 4.79 Å². The number of hydrazone groups is 1. The summed E-state index contributed by atoms with van der Waals surface area (Å²) in [5.74, 6) is 0.567. The maximum absolute atomic E-state index is 12.6. The zero-order chi connectivity index (χ0) is 21.9. The molecule has 9 heteroatoms. The average Bonchev–Trinajstić information content (AvgIpc) is 2.71. The zero-order valence-corrected chi connectivity index (χ0v) is 17.0. The summed E-state index contributed by atoms with van der Waals surface area (Å²) >= 11 is 0. The lowest BCUT2D eigenvalue weighted by Crippen LogP contribution is -2.18. The Morgan fingerprint density at radius 1 is 1.00 bits per heavy atom. The maximum Gasteiger partial charge on any atom is 0.387 e. The molecule has 0 aliphatic carbocycles. The molecule has 0 fully saturated rings. The smallest absolute Gasteiger partial charge is 0.387 e. The number of amides is 1. The van der Waals surface area contributed by atoms with Crippen molar-refractivity contribution in [3.05, 3.63) is 47.5 Å². The van der Waals surface area contributed by atoms with Gasteiger partial charge >= 0.3 is 6.61 Å². The lowest BCUT2D eigenvalue weighted by Gasteiger charge is -2.16. The van der Waals surface area contributed by atoms with Crippen LogP contribution in [0.25, 0.3) is 0 Å². The number of nitrogens with one attached hydrogen (secondary N) is 1. The van der Waals surface area contributed by atoms with Crippen molar-refractivity contribution in [1.29, 1.82) is 0 Å². The van der Waals surface area contributed by atoms with Crippen LogP contribution < -0.4 is 24.4 Å². The van der Waals surface area contributed by atoms with Crippen molar-refractivity contribution in [3.8, 4) is 23.0 Å². The fraction of sp³-hybridized carbons (Fsp3) is 0.333. The first-order valence-corrected chi connectivity index (χ1v) is 9.43. The van der Waals surface area contributed by atoms with Crippen LogP contribution in [0.3, 0.4) is 0 Å². The summed E-state index contributed by atoms with van der Waals surface area (Å²) in [6.07, 6.45) is 1.22. The summed E-state index contributed by atoms with van der Waals surface area (Å²) in [7, 11) is 0. The molecule has 0 aromatic heterocycles. The van der Waals surface area contributed by atoms with Crippen molar-refractivity contribution in [1.82, 2.24) is 5.43 Å². The fourth-order valence-electron chi connectivity index (χ4n) is 2.54. The predicted octanol–water partition coefficient (Wildman–Crippen LogP) is 4.25. The second kappa shape index (κ2) is 11.6. The van der Waals surface area contributed by atoms with Gasteiger partial charge in [-0.1, -0.05) is 12.1 Å². The van der Waals surface area contributed by atoms with Gasteiger partial charge in [-0.05, 0) is 45.0 Å². The van der Waals surface area contributed by atoms with E-state index in [9.17, 15) is 13.6 Å². The van der Waals surface area contributed by atoms with Crippen LogP contribution >= 0.6 is 0 Å². The number of carbonyl (C=O) groups is 1. The van der Waals surface area contributed by atoms with E-state index in [2.05, 4.69) is 15.3 Å². The first-order chi connectivity index (χ1) is 14.5. The van der Waals surface area contributed by atoms with Crippen LogP contribution in [-0.2, 0) is 0 Å². The maximum atomic E-state index is 12.6. The molecule has 7 nitrogen and oxygen atoms in total. The second-order valence-corrected chi connectivity index (χ2v) is 5.72. The molecule has 0 saturated carbocycles. The molecule has 0 radical (unpaired) electrons. The molecule has 1 amide bonds. The normalized spacial score (nSPS) is 10.9. The number of carbonyl (C=O) groups excluding carboxylic acids is 1. The molecule has 0 bridgehead atoms. The van der Waals surface area contributed by atoms with Gasteiger partial charge in [-0.2, -0.15) is 13.9 Å². The Labute approximate surface area is 173 Å². The number of benzene rings is 2. The van der Waals surface area contributed by atoms with Gasteiger partial charge in [0.2, 0.25) is 5.75 Å². The number of rotatable bonds is 11. The number of halogens is 2. The molecule has 0 heterocycles. The van der Waals surface area contributed by atoms with E-state index in [1.807, 2.05) is 20.8 Å². The summed E-state index contributed by atoms with van der Waals surface area (Å²) in [5, 5.41) is 3.83. The zero-order valence-electron chi connectivity index (χ0n) is 17.0. The Hall–Kier alpha value is -3.36. The van der Waals surface area contributed by atoms with E-state index in [0.717, 1.165) is 0 Å². The van der Waals surface area contributed by atoms with E-state index < -0.39 is 12.5 Å². The van der Waals surface area contributed by atoms with Gasteiger partial charge < -0.3 is 18.9 Å². The standard InChI is InChI=1S/C21H24F2N2O5/c1-4-27-17-11-15(12-18(28-5-2)19(17)29-6-3)20(26)25-24-13-14-9-7-8-10-16(14)30-21(22)23/h7-13,21H,4-6H2,1-3H3,(H,25,26)/b24-13+. The minimum Gasteiger partial charge on any atom is -0.490 e. The highest BCUT2D eigenvalue weighted by Gasteiger charge is 2.18. The fourth-order valence-corrected chi connectivity index (χ4v) is 2.54. The summed E-state index contributed by atoms with van der Waals surface area (Å²) in [6, 6.07) is 9.15. The van der Waals surface area contributed by atoms with Gasteiger partial charge in [0.1, 0.15) is 5.75 Å². The van der Waals surface area contributed by atoms with Crippen molar-refractivity contribution < 1.29 is 32.5 Å². The number of nitrogens with zero attached hydrogens (tertiary/aromatic N) is 1. The van der Waals surface area contributed by atoms with E-state index in [1.165, 1.54) is 30.5 Å². The third kappa shape index (κ3) is 6.33. The van der Waals surface area contributed by atoms with Gasteiger partial charge in [-0.25, -0.2) is 5.43 Å². The topological polar surface area (TPSA) is 78.4 Å². The summed E-state index contributed by atoms with van der Waals surface area (Å²) in [6.45, 7) is 3.63. The second-order valence-electron chi connectivity index (χ2n) is 5.72. The van der Waals surface area contributed by atoms with Gasteiger partial charge in [0.25, 0.3) is 5.91 Å². The number of ether oxygens (including phenoxy) is 4. The SMILES string of the molecule is CCOc1cc(C(=O)N/N=C/c2ccccc2OC(F)F)cc(OCC)c1OCC. The third-order valence-electron chi connectivity index (χ3n) is 3.68.